The predicted octanol–water partition coefficient (Wildman–Crippen LogP) is 3.55. The van der Waals surface area contributed by atoms with Gasteiger partial charge in [0.2, 0.25) is 5.91 Å². The van der Waals surface area contributed by atoms with Gasteiger partial charge in [0.15, 0.2) is 0 Å². The molecule has 8 heteroatoms. The topological polar surface area (TPSA) is 73.5 Å². The number of aromatic nitrogens is 2. The summed E-state index contributed by atoms with van der Waals surface area (Å²) in [5.74, 6) is 0.908. The number of imidazole rings is 1. The molecule has 2 N–H and O–H groups in total. The summed E-state index contributed by atoms with van der Waals surface area (Å²) < 4.78 is 5.39. The molecule has 7 nitrogen and oxygen atoms in total. The summed E-state index contributed by atoms with van der Waals surface area (Å²) in [5, 5.41) is 3.81. The first-order valence-electron chi connectivity index (χ1n) is 11.7. The second-order valence-electron chi connectivity index (χ2n) is 8.80. The summed E-state index contributed by atoms with van der Waals surface area (Å²) in [6.07, 6.45) is 1.91. The lowest BCUT2D eigenvalue weighted by Gasteiger charge is -2.34. The highest BCUT2D eigenvalue weighted by Crippen LogP contribution is 2.33. The maximum absolute atomic E-state index is 12.8. The second kappa shape index (κ2) is 10.1. The molecule has 2 aromatic carbocycles. The van der Waals surface area contributed by atoms with Crippen molar-refractivity contribution in [3.05, 3.63) is 47.5 Å². The molecule has 174 valence electrons. The largest absolute Gasteiger partial charge is 0.379 e. The third-order valence-electron chi connectivity index (χ3n) is 6.58. The molecular weight excluding hydrogens is 438 g/mol. The minimum absolute atomic E-state index is 0.00577. The fraction of sp³-hybridized carbons (Fsp3) is 0.440. The summed E-state index contributed by atoms with van der Waals surface area (Å²) in [4.78, 5) is 25.5. The third kappa shape index (κ3) is 5.16. The van der Waals surface area contributed by atoms with Crippen LogP contribution in [0.2, 0.25) is 5.02 Å². The van der Waals surface area contributed by atoms with Gasteiger partial charge in [0, 0.05) is 50.5 Å². The number of anilines is 1. The first-order chi connectivity index (χ1) is 16.2. The summed E-state index contributed by atoms with van der Waals surface area (Å²) in [5.41, 5.74) is 3.85. The maximum atomic E-state index is 12.8. The zero-order valence-electron chi connectivity index (χ0n) is 18.7. The molecule has 0 saturated carbocycles. The number of aromatic amines is 1. The Labute approximate surface area is 199 Å². The smallest absolute Gasteiger partial charge is 0.224 e. The molecule has 0 unspecified atom stereocenters. The van der Waals surface area contributed by atoms with Crippen LogP contribution in [-0.2, 0) is 9.53 Å². The summed E-state index contributed by atoms with van der Waals surface area (Å²) in [6.45, 7) is 6.65. The zero-order valence-corrected chi connectivity index (χ0v) is 19.5. The van der Waals surface area contributed by atoms with E-state index in [1.807, 2.05) is 36.4 Å². The van der Waals surface area contributed by atoms with E-state index in [-0.39, 0.29) is 11.8 Å². The van der Waals surface area contributed by atoms with Crippen LogP contribution in [0.4, 0.5) is 5.69 Å². The van der Waals surface area contributed by atoms with Crippen LogP contribution in [0.25, 0.3) is 22.4 Å². The average molecular weight is 468 g/mol. The van der Waals surface area contributed by atoms with E-state index < -0.39 is 0 Å². The SMILES string of the molecule is O=C(NCCN1CCOCC1)[C@H]1CCCN(c2ccc(Cl)c(-c3nc4ccccc4[nH]3)c2)C1. The van der Waals surface area contributed by atoms with Gasteiger partial charge in [-0.05, 0) is 43.2 Å². The Morgan fingerprint density at radius 1 is 1.18 bits per heavy atom. The number of rotatable bonds is 6. The predicted molar refractivity (Wildman–Crippen MR) is 132 cm³/mol. The van der Waals surface area contributed by atoms with E-state index in [0.717, 1.165) is 80.3 Å². The van der Waals surface area contributed by atoms with Crippen LogP contribution >= 0.6 is 11.6 Å². The standard InChI is InChI=1S/C25H30ClN5O2/c26-21-8-7-19(16-20(21)24-28-22-5-1-2-6-23(22)29-24)31-10-3-4-18(17-31)25(32)27-9-11-30-12-14-33-15-13-30/h1-2,5-8,16,18H,3-4,9-15,17H2,(H,27,32)(H,28,29)/t18-/m0/s1. The normalized spacial score (nSPS) is 19.7. The molecule has 1 atom stereocenters. The lowest BCUT2D eigenvalue weighted by atomic mass is 9.96. The number of benzene rings is 2. The number of hydrogen-bond donors (Lipinski definition) is 2. The van der Waals surface area contributed by atoms with Crippen molar-refractivity contribution in [1.29, 1.82) is 0 Å². The monoisotopic (exact) mass is 467 g/mol. The molecule has 2 aliphatic heterocycles. The molecule has 2 fully saturated rings. The Balaban J connectivity index is 1.24. The van der Waals surface area contributed by atoms with Gasteiger partial charge in [-0.25, -0.2) is 4.98 Å². The highest BCUT2D eigenvalue weighted by Gasteiger charge is 2.26. The number of carbonyl (C=O) groups is 1. The summed E-state index contributed by atoms with van der Waals surface area (Å²) >= 11 is 6.54. The quantitative estimate of drug-likeness (QED) is 0.580. The number of nitrogens with one attached hydrogen (secondary N) is 2. The first-order valence-corrected chi connectivity index (χ1v) is 12.1. The number of fused-ring (bicyclic) bond motifs is 1. The van der Waals surface area contributed by atoms with Gasteiger partial charge >= 0.3 is 0 Å². The molecule has 0 spiro atoms. The van der Waals surface area contributed by atoms with E-state index in [4.69, 9.17) is 21.3 Å². The number of ether oxygens (including phenoxy) is 1. The van der Waals surface area contributed by atoms with Crippen molar-refractivity contribution < 1.29 is 9.53 Å². The van der Waals surface area contributed by atoms with Gasteiger partial charge in [-0.2, -0.15) is 0 Å². The molecule has 2 saturated heterocycles. The van der Waals surface area contributed by atoms with E-state index >= 15 is 0 Å². The number of H-pyrrole nitrogens is 1. The van der Waals surface area contributed by atoms with Crippen molar-refractivity contribution in [2.45, 2.75) is 12.8 Å². The van der Waals surface area contributed by atoms with Crippen LogP contribution in [-0.4, -0.2) is 73.3 Å². The molecule has 0 aliphatic carbocycles. The van der Waals surface area contributed by atoms with Gasteiger partial charge < -0.3 is 19.9 Å². The molecule has 1 aromatic heterocycles. The van der Waals surface area contributed by atoms with Crippen LogP contribution in [0.15, 0.2) is 42.5 Å². The Bertz CT molecular complexity index is 1080. The van der Waals surface area contributed by atoms with Crippen LogP contribution < -0.4 is 10.2 Å². The van der Waals surface area contributed by atoms with Gasteiger partial charge in [-0.1, -0.05) is 23.7 Å². The Kier molecular flexibility index (Phi) is 6.80. The number of halogens is 1. The van der Waals surface area contributed by atoms with Crippen molar-refractivity contribution in [2.24, 2.45) is 5.92 Å². The van der Waals surface area contributed by atoms with Crippen LogP contribution in [0, 0.1) is 5.92 Å². The molecule has 33 heavy (non-hydrogen) atoms. The van der Waals surface area contributed by atoms with Gasteiger partial charge in [0.25, 0.3) is 0 Å². The summed E-state index contributed by atoms with van der Waals surface area (Å²) in [6, 6.07) is 14.0. The molecule has 3 aromatic rings. The second-order valence-corrected chi connectivity index (χ2v) is 9.20. The lowest BCUT2D eigenvalue weighted by Crippen LogP contribution is -2.46. The number of carbonyl (C=O) groups excluding carboxylic acids is 1. The van der Waals surface area contributed by atoms with E-state index in [2.05, 4.69) is 26.2 Å². The van der Waals surface area contributed by atoms with Gasteiger partial charge in [0.05, 0.1) is 35.2 Å². The molecule has 0 bridgehead atoms. The van der Waals surface area contributed by atoms with E-state index in [0.29, 0.717) is 18.1 Å². The zero-order chi connectivity index (χ0) is 22.6. The van der Waals surface area contributed by atoms with Gasteiger partial charge in [-0.15, -0.1) is 0 Å². The fourth-order valence-electron chi connectivity index (χ4n) is 4.70. The van der Waals surface area contributed by atoms with Gasteiger partial charge in [0.1, 0.15) is 5.82 Å². The highest BCUT2D eigenvalue weighted by molar-refractivity contribution is 6.33. The number of morpholine rings is 1. The Morgan fingerprint density at radius 2 is 2.03 bits per heavy atom. The maximum Gasteiger partial charge on any atom is 0.224 e. The molecule has 0 radical (unpaired) electrons. The van der Waals surface area contributed by atoms with E-state index in [1.54, 1.807) is 0 Å². The fourth-order valence-corrected chi connectivity index (χ4v) is 4.91. The molecule has 1 amide bonds. The van der Waals surface area contributed by atoms with E-state index in [1.165, 1.54) is 0 Å². The molecule has 2 aliphatic rings. The van der Waals surface area contributed by atoms with Crippen LogP contribution in [0.3, 0.4) is 0 Å². The third-order valence-corrected chi connectivity index (χ3v) is 6.91. The summed E-state index contributed by atoms with van der Waals surface area (Å²) in [7, 11) is 0. The van der Waals surface area contributed by atoms with Crippen molar-refractivity contribution in [3.8, 4) is 11.4 Å². The van der Waals surface area contributed by atoms with Crippen LogP contribution in [0.1, 0.15) is 12.8 Å². The van der Waals surface area contributed by atoms with Crippen LogP contribution in [0.5, 0.6) is 0 Å². The average Bonchev–Trinajstić information content (AvgIpc) is 3.29. The number of para-hydroxylation sites is 2. The van der Waals surface area contributed by atoms with Crippen molar-refractivity contribution in [3.63, 3.8) is 0 Å². The first kappa shape index (κ1) is 22.2. The van der Waals surface area contributed by atoms with Crippen molar-refractivity contribution in [2.75, 3.05) is 57.4 Å². The van der Waals surface area contributed by atoms with Crippen molar-refractivity contribution in [1.82, 2.24) is 20.2 Å². The molecule has 3 heterocycles. The Morgan fingerprint density at radius 3 is 2.88 bits per heavy atom. The number of hydrogen-bond acceptors (Lipinski definition) is 5. The number of amides is 1. The lowest BCUT2D eigenvalue weighted by molar-refractivity contribution is -0.125. The number of piperidine rings is 1. The van der Waals surface area contributed by atoms with E-state index in [9.17, 15) is 4.79 Å². The minimum Gasteiger partial charge on any atom is -0.379 e. The number of nitrogens with zero attached hydrogens (tertiary/aromatic N) is 3. The minimum atomic E-state index is -0.00577. The van der Waals surface area contributed by atoms with Crippen molar-refractivity contribution >= 4 is 34.2 Å². The Hall–Kier alpha value is -2.61. The molecular formula is C25H30ClN5O2. The van der Waals surface area contributed by atoms with Gasteiger partial charge in [-0.3, -0.25) is 9.69 Å². The molecule has 5 rings (SSSR count). The highest BCUT2D eigenvalue weighted by atomic mass is 35.5.